The number of carbonyl (C=O) groups is 1. The topological polar surface area (TPSA) is 44.9 Å². The minimum Gasteiger partial charge on any atom is -0.358 e. The molecule has 1 unspecified atom stereocenters. The zero-order valence-electron chi connectivity index (χ0n) is 13.2. The van der Waals surface area contributed by atoms with Crippen molar-refractivity contribution in [2.24, 2.45) is 0 Å². The number of nitrogens with one attached hydrogen (secondary N) is 2. The molecule has 3 aromatic rings. The van der Waals surface area contributed by atoms with Crippen molar-refractivity contribution in [3.05, 3.63) is 69.9 Å². The van der Waals surface area contributed by atoms with Crippen LogP contribution in [0.4, 0.5) is 8.78 Å². The predicted octanol–water partition coefficient (Wildman–Crippen LogP) is 4.39. The van der Waals surface area contributed by atoms with E-state index in [2.05, 4.69) is 10.3 Å². The van der Waals surface area contributed by atoms with Gasteiger partial charge < -0.3 is 10.3 Å². The quantitative estimate of drug-likeness (QED) is 0.699. The van der Waals surface area contributed by atoms with Crippen molar-refractivity contribution in [2.45, 2.75) is 25.3 Å². The number of hydrogen-bond donors (Lipinski definition) is 2. The molecule has 0 fully saturated rings. The monoisotopic (exact) mass is 360 g/mol. The number of aromatic amines is 1. The number of amides is 1. The van der Waals surface area contributed by atoms with E-state index in [0.717, 1.165) is 35.0 Å². The second kappa shape index (κ2) is 6.15. The van der Waals surface area contributed by atoms with E-state index in [1.807, 2.05) is 0 Å². The normalized spacial score (nSPS) is 16.7. The van der Waals surface area contributed by atoms with Crippen LogP contribution in [-0.4, -0.2) is 16.9 Å². The van der Waals surface area contributed by atoms with Crippen LogP contribution >= 0.6 is 11.6 Å². The Morgan fingerprint density at radius 1 is 1.24 bits per heavy atom. The largest absolute Gasteiger partial charge is 0.358 e. The molecule has 1 aromatic heterocycles. The Kier molecular flexibility index (Phi) is 3.96. The molecule has 0 bridgehead atoms. The van der Waals surface area contributed by atoms with E-state index in [9.17, 15) is 13.6 Å². The second-order valence-electron chi connectivity index (χ2n) is 6.28. The molecular weight excluding hydrogens is 346 g/mol. The van der Waals surface area contributed by atoms with E-state index in [1.54, 1.807) is 6.07 Å². The molecule has 1 heterocycles. The van der Waals surface area contributed by atoms with Gasteiger partial charge in [-0.15, -0.1) is 0 Å². The van der Waals surface area contributed by atoms with Crippen LogP contribution in [-0.2, 0) is 12.8 Å². The van der Waals surface area contributed by atoms with Gasteiger partial charge in [0.1, 0.15) is 11.6 Å². The Bertz CT molecular complexity index is 963. The summed E-state index contributed by atoms with van der Waals surface area (Å²) >= 11 is 5.95. The van der Waals surface area contributed by atoms with Crippen LogP contribution in [0, 0.1) is 11.6 Å². The van der Waals surface area contributed by atoms with Crippen molar-refractivity contribution in [2.75, 3.05) is 0 Å². The molecule has 2 aromatic carbocycles. The molecule has 1 amide bonds. The van der Waals surface area contributed by atoms with Crippen molar-refractivity contribution >= 4 is 28.4 Å². The number of carbonyl (C=O) groups excluding carboxylic acids is 1. The number of benzene rings is 2. The Morgan fingerprint density at radius 3 is 2.88 bits per heavy atom. The maximum atomic E-state index is 13.9. The van der Waals surface area contributed by atoms with E-state index in [-0.39, 0.29) is 22.4 Å². The fourth-order valence-electron chi connectivity index (χ4n) is 3.48. The van der Waals surface area contributed by atoms with E-state index in [4.69, 9.17) is 11.6 Å². The van der Waals surface area contributed by atoms with Crippen molar-refractivity contribution in [3.63, 3.8) is 0 Å². The van der Waals surface area contributed by atoms with Crippen molar-refractivity contribution in [3.8, 4) is 0 Å². The van der Waals surface area contributed by atoms with Gasteiger partial charge in [0.05, 0.1) is 10.6 Å². The van der Waals surface area contributed by atoms with Gasteiger partial charge in [0.15, 0.2) is 0 Å². The molecule has 3 nitrogen and oxygen atoms in total. The Hall–Kier alpha value is -2.40. The van der Waals surface area contributed by atoms with Crippen LogP contribution < -0.4 is 5.32 Å². The van der Waals surface area contributed by atoms with Gasteiger partial charge in [0.2, 0.25) is 0 Å². The minimum absolute atomic E-state index is 0.0863. The van der Waals surface area contributed by atoms with Gasteiger partial charge in [0.25, 0.3) is 5.91 Å². The zero-order valence-corrected chi connectivity index (χ0v) is 14.0. The summed E-state index contributed by atoms with van der Waals surface area (Å²) in [5.74, 6) is -1.46. The lowest BCUT2D eigenvalue weighted by Gasteiger charge is -2.24. The Morgan fingerprint density at radius 2 is 2.08 bits per heavy atom. The number of rotatable bonds is 2. The summed E-state index contributed by atoms with van der Waals surface area (Å²) in [5, 5.41) is 3.77. The third-order valence-corrected chi connectivity index (χ3v) is 4.99. The fourth-order valence-corrected chi connectivity index (χ4v) is 3.73. The van der Waals surface area contributed by atoms with Crippen molar-refractivity contribution < 1.29 is 13.6 Å². The summed E-state index contributed by atoms with van der Waals surface area (Å²) in [4.78, 5) is 15.7. The molecule has 1 aliphatic rings. The van der Waals surface area contributed by atoms with Gasteiger partial charge in [-0.05, 0) is 55.2 Å². The molecule has 0 aliphatic heterocycles. The Balaban J connectivity index is 1.59. The molecule has 1 atom stereocenters. The lowest BCUT2D eigenvalue weighted by Crippen LogP contribution is -2.39. The van der Waals surface area contributed by atoms with Gasteiger partial charge in [-0.1, -0.05) is 17.7 Å². The van der Waals surface area contributed by atoms with Crippen LogP contribution in [0.3, 0.4) is 0 Å². The van der Waals surface area contributed by atoms with E-state index in [1.165, 1.54) is 30.3 Å². The highest BCUT2D eigenvalue weighted by atomic mass is 35.5. The van der Waals surface area contributed by atoms with Crippen LogP contribution in [0.5, 0.6) is 0 Å². The zero-order chi connectivity index (χ0) is 17.6. The lowest BCUT2D eigenvalue weighted by atomic mass is 9.91. The SMILES string of the molecule is O=C(NC1CCc2[nH]c3ccc(F)cc3c2C1)c1c(F)cccc1Cl. The molecule has 1 aliphatic carbocycles. The third kappa shape index (κ3) is 2.89. The molecule has 0 radical (unpaired) electrons. The standard InChI is InChI=1S/C19H15ClF2N2O/c20-14-2-1-3-15(22)18(14)19(25)23-11-5-7-17-13(9-11)12-8-10(21)4-6-16(12)24-17/h1-4,6,8,11,24H,5,7,9H2,(H,23,25). The predicted molar refractivity (Wildman–Crippen MR) is 92.9 cm³/mol. The van der Waals surface area contributed by atoms with Gasteiger partial charge in [-0.2, -0.15) is 0 Å². The molecule has 6 heteroatoms. The van der Waals surface area contributed by atoms with E-state index < -0.39 is 11.7 Å². The van der Waals surface area contributed by atoms with Crippen LogP contribution in [0.1, 0.15) is 28.0 Å². The van der Waals surface area contributed by atoms with E-state index in [0.29, 0.717) is 6.42 Å². The fraction of sp³-hybridized carbons (Fsp3) is 0.211. The van der Waals surface area contributed by atoms with Gasteiger partial charge >= 0.3 is 0 Å². The number of fused-ring (bicyclic) bond motifs is 3. The van der Waals surface area contributed by atoms with Gasteiger partial charge in [-0.25, -0.2) is 8.78 Å². The highest BCUT2D eigenvalue weighted by Crippen LogP contribution is 2.30. The molecule has 0 saturated carbocycles. The molecular formula is C19H15ClF2N2O. The number of aromatic nitrogens is 1. The van der Waals surface area contributed by atoms with Crippen molar-refractivity contribution in [1.82, 2.24) is 10.3 Å². The highest BCUT2D eigenvalue weighted by Gasteiger charge is 2.25. The molecule has 2 N–H and O–H groups in total. The summed E-state index contributed by atoms with van der Waals surface area (Å²) in [6.07, 6.45) is 2.03. The average Bonchev–Trinajstić information content (AvgIpc) is 2.92. The Labute approximate surface area is 148 Å². The highest BCUT2D eigenvalue weighted by molar-refractivity contribution is 6.33. The third-order valence-electron chi connectivity index (χ3n) is 4.67. The lowest BCUT2D eigenvalue weighted by molar-refractivity contribution is 0.0929. The average molecular weight is 361 g/mol. The number of H-pyrrole nitrogens is 1. The number of aryl methyl sites for hydroxylation is 1. The maximum absolute atomic E-state index is 13.9. The van der Waals surface area contributed by atoms with Crippen molar-refractivity contribution in [1.29, 1.82) is 0 Å². The smallest absolute Gasteiger partial charge is 0.256 e. The maximum Gasteiger partial charge on any atom is 0.256 e. The van der Waals surface area contributed by atoms with E-state index >= 15 is 0 Å². The number of halogens is 3. The van der Waals surface area contributed by atoms with Crippen LogP contribution in [0.2, 0.25) is 5.02 Å². The number of hydrogen-bond acceptors (Lipinski definition) is 1. The van der Waals surface area contributed by atoms with Crippen LogP contribution in [0.15, 0.2) is 36.4 Å². The molecule has 0 spiro atoms. The second-order valence-corrected chi connectivity index (χ2v) is 6.69. The first-order valence-corrected chi connectivity index (χ1v) is 8.44. The molecule has 4 rings (SSSR count). The molecule has 128 valence electrons. The summed E-state index contributed by atoms with van der Waals surface area (Å²) in [6.45, 7) is 0. The summed E-state index contributed by atoms with van der Waals surface area (Å²) < 4.78 is 27.5. The molecule has 25 heavy (non-hydrogen) atoms. The minimum atomic E-state index is -0.643. The molecule has 0 saturated heterocycles. The summed E-state index contributed by atoms with van der Waals surface area (Å²) in [5.41, 5.74) is 2.82. The van der Waals surface area contributed by atoms with Crippen LogP contribution in [0.25, 0.3) is 10.9 Å². The first-order chi connectivity index (χ1) is 12.0. The van der Waals surface area contributed by atoms with Gasteiger partial charge in [0, 0.05) is 22.6 Å². The first kappa shape index (κ1) is 16.1. The van der Waals surface area contributed by atoms with Gasteiger partial charge in [-0.3, -0.25) is 4.79 Å². The first-order valence-electron chi connectivity index (χ1n) is 8.07. The summed E-state index contributed by atoms with van der Waals surface area (Å²) in [6, 6.07) is 8.64. The summed E-state index contributed by atoms with van der Waals surface area (Å²) in [7, 11) is 0.